The molecule has 3 heteroatoms. The van der Waals surface area contributed by atoms with E-state index in [4.69, 9.17) is 9.84 Å². The fourth-order valence-electron chi connectivity index (χ4n) is 1.57. The Labute approximate surface area is 96.0 Å². The maximum absolute atomic E-state index is 9.27. The van der Waals surface area contributed by atoms with Gasteiger partial charge >= 0.3 is 0 Å². The van der Waals surface area contributed by atoms with Crippen LogP contribution in [0, 0.1) is 6.92 Å². The van der Waals surface area contributed by atoms with E-state index in [1.54, 1.807) is 19.3 Å². The number of ether oxygens (including phenoxy) is 1. The first kappa shape index (κ1) is 12.7. The lowest BCUT2D eigenvalue weighted by Gasteiger charge is -2.12. The van der Waals surface area contributed by atoms with Gasteiger partial charge in [0.05, 0.1) is 20.3 Å². The maximum Gasteiger partial charge on any atom is 0.122 e. The number of hydrogen-bond donors (Lipinski definition) is 2. The molecule has 1 rings (SSSR count). The van der Waals surface area contributed by atoms with Crippen molar-refractivity contribution in [3.63, 3.8) is 0 Å². The number of aliphatic hydroxyl groups excluding tert-OH is 2. The van der Waals surface area contributed by atoms with Crippen molar-refractivity contribution >= 4 is 0 Å². The van der Waals surface area contributed by atoms with Crippen molar-refractivity contribution in [2.75, 3.05) is 20.3 Å². The second-order valence-electron chi connectivity index (χ2n) is 3.63. The fourth-order valence-corrected chi connectivity index (χ4v) is 1.57. The molecule has 3 nitrogen and oxygen atoms in total. The monoisotopic (exact) mass is 222 g/mol. The van der Waals surface area contributed by atoms with Crippen LogP contribution in [0.1, 0.15) is 17.0 Å². The van der Waals surface area contributed by atoms with E-state index in [0.29, 0.717) is 0 Å². The zero-order valence-electron chi connectivity index (χ0n) is 9.68. The Morgan fingerprint density at radius 3 is 2.69 bits per heavy atom. The summed E-state index contributed by atoms with van der Waals surface area (Å²) in [6.45, 7) is 1.97. The van der Waals surface area contributed by atoms with Gasteiger partial charge in [-0.3, -0.25) is 0 Å². The van der Waals surface area contributed by atoms with Gasteiger partial charge in [-0.15, -0.1) is 0 Å². The van der Waals surface area contributed by atoms with Crippen molar-refractivity contribution in [3.8, 4) is 5.75 Å². The minimum Gasteiger partial charge on any atom is -0.496 e. The molecule has 0 fully saturated rings. The predicted octanol–water partition coefficient (Wildman–Crippen LogP) is 1.63. The Balaban J connectivity index is 2.96. The average Bonchev–Trinajstić information content (AvgIpc) is 2.32. The average molecular weight is 222 g/mol. The van der Waals surface area contributed by atoms with Crippen LogP contribution in [0.5, 0.6) is 5.75 Å². The molecule has 0 radical (unpaired) electrons. The third-order valence-electron chi connectivity index (χ3n) is 2.53. The molecule has 0 amide bonds. The van der Waals surface area contributed by atoms with E-state index in [1.165, 1.54) is 0 Å². The molecule has 0 aliphatic rings. The zero-order chi connectivity index (χ0) is 12.0. The number of methoxy groups -OCH3 is 1. The summed E-state index contributed by atoms with van der Waals surface area (Å²) < 4.78 is 5.23. The molecule has 0 bridgehead atoms. The van der Waals surface area contributed by atoms with Crippen molar-refractivity contribution in [3.05, 3.63) is 41.5 Å². The predicted molar refractivity (Wildman–Crippen MR) is 63.8 cm³/mol. The summed E-state index contributed by atoms with van der Waals surface area (Å²) in [6, 6.07) is 5.84. The molecule has 0 aliphatic heterocycles. The maximum atomic E-state index is 9.27. The summed E-state index contributed by atoms with van der Waals surface area (Å²) in [6.07, 6.45) is 3.43. The molecule has 1 aromatic carbocycles. The summed E-state index contributed by atoms with van der Waals surface area (Å²) in [5.74, 6) is 0.718. The first-order chi connectivity index (χ1) is 7.72. The largest absolute Gasteiger partial charge is 0.496 e. The van der Waals surface area contributed by atoms with E-state index < -0.39 is 0 Å². The first-order valence-electron chi connectivity index (χ1n) is 5.25. The van der Waals surface area contributed by atoms with E-state index in [0.717, 1.165) is 16.9 Å². The highest BCUT2D eigenvalue weighted by molar-refractivity contribution is 5.39. The SMILES string of the molecule is COc1cc(C(/C=C/CO)CO)ccc1C. The molecule has 0 spiro atoms. The zero-order valence-corrected chi connectivity index (χ0v) is 9.68. The van der Waals surface area contributed by atoms with Crippen LogP contribution in [0.25, 0.3) is 0 Å². The van der Waals surface area contributed by atoms with Crippen molar-refractivity contribution < 1.29 is 14.9 Å². The molecule has 1 aromatic rings. The van der Waals surface area contributed by atoms with Gasteiger partial charge in [0.2, 0.25) is 0 Å². The summed E-state index contributed by atoms with van der Waals surface area (Å²) in [5, 5.41) is 18.0. The van der Waals surface area contributed by atoms with Crippen molar-refractivity contribution in [1.82, 2.24) is 0 Å². The van der Waals surface area contributed by atoms with Gasteiger partial charge in [-0.05, 0) is 24.1 Å². The van der Waals surface area contributed by atoms with Crippen molar-refractivity contribution in [1.29, 1.82) is 0 Å². The standard InChI is InChI=1S/C13H18O3/c1-10-5-6-11(8-13(10)16-2)12(9-15)4-3-7-14/h3-6,8,12,14-15H,7,9H2,1-2H3/b4-3+. The van der Waals surface area contributed by atoms with E-state index in [9.17, 15) is 5.11 Å². The molecular weight excluding hydrogens is 204 g/mol. The summed E-state index contributed by atoms with van der Waals surface area (Å²) in [4.78, 5) is 0. The first-order valence-corrected chi connectivity index (χ1v) is 5.25. The highest BCUT2D eigenvalue weighted by Gasteiger charge is 2.08. The molecule has 1 atom stereocenters. The van der Waals surface area contributed by atoms with Gasteiger partial charge < -0.3 is 14.9 Å². The molecule has 0 aromatic heterocycles. The third-order valence-corrected chi connectivity index (χ3v) is 2.53. The van der Waals surface area contributed by atoms with E-state index in [2.05, 4.69) is 0 Å². The van der Waals surface area contributed by atoms with Gasteiger partial charge in [0.25, 0.3) is 0 Å². The van der Waals surface area contributed by atoms with Crippen LogP contribution in [0.15, 0.2) is 30.4 Å². The number of hydrogen-bond acceptors (Lipinski definition) is 3. The molecule has 16 heavy (non-hydrogen) atoms. The molecule has 0 aliphatic carbocycles. The summed E-state index contributed by atoms with van der Waals surface area (Å²) >= 11 is 0. The minimum absolute atomic E-state index is 0.0144. The highest BCUT2D eigenvalue weighted by Crippen LogP contribution is 2.24. The van der Waals surface area contributed by atoms with Crippen LogP contribution in [-0.4, -0.2) is 30.5 Å². The van der Waals surface area contributed by atoms with E-state index >= 15 is 0 Å². The Morgan fingerprint density at radius 2 is 2.12 bits per heavy atom. The fraction of sp³-hybridized carbons (Fsp3) is 0.385. The lowest BCUT2D eigenvalue weighted by Crippen LogP contribution is -2.02. The third kappa shape index (κ3) is 3.08. The van der Waals surface area contributed by atoms with Crippen molar-refractivity contribution in [2.45, 2.75) is 12.8 Å². The number of rotatable bonds is 5. The quantitative estimate of drug-likeness (QED) is 0.744. The van der Waals surface area contributed by atoms with Crippen LogP contribution >= 0.6 is 0 Å². The highest BCUT2D eigenvalue weighted by atomic mass is 16.5. The van der Waals surface area contributed by atoms with Crippen LogP contribution in [0.2, 0.25) is 0 Å². The number of aliphatic hydroxyl groups is 2. The second kappa shape index (κ2) is 6.30. The molecule has 0 saturated carbocycles. The molecular formula is C13H18O3. The Kier molecular flexibility index (Phi) is 5.02. The number of aryl methyl sites for hydroxylation is 1. The lowest BCUT2D eigenvalue weighted by molar-refractivity contribution is 0.282. The Hall–Kier alpha value is -1.32. The van der Waals surface area contributed by atoms with Crippen molar-refractivity contribution in [2.24, 2.45) is 0 Å². The van der Waals surface area contributed by atoms with Gasteiger partial charge in [0.1, 0.15) is 5.75 Å². The molecule has 0 heterocycles. The van der Waals surface area contributed by atoms with Gasteiger partial charge in [-0.1, -0.05) is 24.3 Å². The molecule has 88 valence electrons. The molecule has 0 saturated heterocycles. The number of benzene rings is 1. The van der Waals surface area contributed by atoms with Gasteiger partial charge in [0, 0.05) is 5.92 Å². The minimum atomic E-state index is -0.0957. The summed E-state index contributed by atoms with van der Waals surface area (Å²) in [7, 11) is 1.63. The van der Waals surface area contributed by atoms with Crippen LogP contribution in [0.3, 0.4) is 0 Å². The Bertz CT molecular complexity index is 358. The van der Waals surface area contributed by atoms with Gasteiger partial charge in [0.15, 0.2) is 0 Å². The van der Waals surface area contributed by atoms with Crippen LogP contribution in [-0.2, 0) is 0 Å². The molecule has 2 N–H and O–H groups in total. The van der Waals surface area contributed by atoms with E-state index in [1.807, 2.05) is 25.1 Å². The normalized spacial score (nSPS) is 13.0. The Morgan fingerprint density at radius 1 is 1.38 bits per heavy atom. The van der Waals surface area contributed by atoms with E-state index in [-0.39, 0.29) is 19.1 Å². The molecule has 1 unspecified atom stereocenters. The topological polar surface area (TPSA) is 49.7 Å². The smallest absolute Gasteiger partial charge is 0.122 e. The van der Waals surface area contributed by atoms with Gasteiger partial charge in [-0.25, -0.2) is 0 Å². The lowest BCUT2D eigenvalue weighted by atomic mass is 9.98. The van der Waals surface area contributed by atoms with Crippen LogP contribution in [0.4, 0.5) is 0 Å². The van der Waals surface area contributed by atoms with Gasteiger partial charge in [-0.2, -0.15) is 0 Å². The van der Waals surface area contributed by atoms with Crippen LogP contribution < -0.4 is 4.74 Å². The second-order valence-corrected chi connectivity index (χ2v) is 3.63. The summed E-state index contributed by atoms with van der Waals surface area (Å²) in [5.41, 5.74) is 2.05.